The molecule has 4 heterocycles. The second kappa shape index (κ2) is 6.64. The van der Waals surface area contributed by atoms with E-state index < -0.39 is 0 Å². The van der Waals surface area contributed by atoms with Crippen LogP contribution >= 0.6 is 0 Å². The van der Waals surface area contributed by atoms with E-state index in [2.05, 4.69) is 63.4 Å². The van der Waals surface area contributed by atoms with Gasteiger partial charge in [-0.05, 0) is 53.4 Å². The second-order valence-electron chi connectivity index (χ2n) is 7.65. The summed E-state index contributed by atoms with van der Waals surface area (Å²) in [4.78, 5) is 10.4. The van der Waals surface area contributed by atoms with Gasteiger partial charge in [0, 0.05) is 42.1 Å². The standard InChI is InChI=1S/C24H21N3O2/c1-2-4-20-18(3-1)19-9-12-27(14-16-7-10-25-11-8-16)24(23(19)26-20)17-5-6-21-22(13-17)29-15-28-21/h1-8,10-11,13,24,26H,9,12,14-15H2. The van der Waals surface area contributed by atoms with Crippen LogP contribution in [0, 0.1) is 0 Å². The molecule has 0 radical (unpaired) electrons. The van der Waals surface area contributed by atoms with Crippen molar-refractivity contribution in [1.82, 2.24) is 14.9 Å². The highest BCUT2D eigenvalue weighted by molar-refractivity contribution is 5.85. The van der Waals surface area contributed by atoms with Crippen molar-refractivity contribution in [2.75, 3.05) is 13.3 Å². The Kier molecular flexibility index (Phi) is 3.81. The number of aromatic nitrogens is 2. The molecule has 0 amide bonds. The van der Waals surface area contributed by atoms with Crippen molar-refractivity contribution in [2.24, 2.45) is 0 Å². The van der Waals surface area contributed by atoms with E-state index in [1.165, 1.54) is 33.3 Å². The summed E-state index contributed by atoms with van der Waals surface area (Å²) in [6.45, 7) is 2.16. The first-order valence-electron chi connectivity index (χ1n) is 9.99. The van der Waals surface area contributed by atoms with Crippen LogP contribution in [0.2, 0.25) is 0 Å². The summed E-state index contributed by atoms with van der Waals surface area (Å²) in [7, 11) is 0. The van der Waals surface area contributed by atoms with Crippen molar-refractivity contribution in [2.45, 2.75) is 19.0 Å². The van der Waals surface area contributed by atoms with E-state index in [9.17, 15) is 0 Å². The van der Waals surface area contributed by atoms with Crippen LogP contribution in [0.4, 0.5) is 0 Å². The topological polar surface area (TPSA) is 50.4 Å². The molecule has 1 unspecified atom stereocenters. The summed E-state index contributed by atoms with van der Waals surface area (Å²) in [5.74, 6) is 1.65. The van der Waals surface area contributed by atoms with Crippen LogP contribution < -0.4 is 9.47 Å². The number of rotatable bonds is 3. The molecule has 29 heavy (non-hydrogen) atoms. The number of nitrogens with one attached hydrogen (secondary N) is 1. The Morgan fingerprint density at radius 3 is 2.79 bits per heavy atom. The number of ether oxygens (including phenoxy) is 2. The molecule has 0 bridgehead atoms. The van der Waals surface area contributed by atoms with E-state index in [0.29, 0.717) is 6.79 Å². The molecule has 0 aliphatic carbocycles. The van der Waals surface area contributed by atoms with Gasteiger partial charge in [-0.25, -0.2) is 0 Å². The third-order valence-electron chi connectivity index (χ3n) is 5.98. The normalized spacial score (nSPS) is 18.1. The van der Waals surface area contributed by atoms with Gasteiger partial charge in [0.1, 0.15) is 0 Å². The average Bonchev–Trinajstić information content (AvgIpc) is 3.38. The lowest BCUT2D eigenvalue weighted by molar-refractivity contribution is 0.173. The van der Waals surface area contributed by atoms with Gasteiger partial charge in [0.15, 0.2) is 11.5 Å². The summed E-state index contributed by atoms with van der Waals surface area (Å²) in [5.41, 5.74) is 6.40. The highest BCUT2D eigenvalue weighted by Crippen LogP contribution is 2.42. The fraction of sp³-hybridized carbons (Fsp3) is 0.208. The predicted molar refractivity (Wildman–Crippen MR) is 111 cm³/mol. The first-order valence-corrected chi connectivity index (χ1v) is 9.99. The summed E-state index contributed by atoms with van der Waals surface area (Å²) >= 11 is 0. The molecule has 5 nitrogen and oxygen atoms in total. The first-order chi connectivity index (χ1) is 14.4. The lowest BCUT2D eigenvalue weighted by Crippen LogP contribution is -2.35. The lowest BCUT2D eigenvalue weighted by Gasteiger charge is -2.36. The van der Waals surface area contributed by atoms with Crippen LogP contribution in [-0.2, 0) is 13.0 Å². The van der Waals surface area contributed by atoms with E-state index >= 15 is 0 Å². The van der Waals surface area contributed by atoms with Crippen LogP contribution in [0.5, 0.6) is 11.5 Å². The van der Waals surface area contributed by atoms with Gasteiger partial charge in [0.2, 0.25) is 6.79 Å². The number of nitrogens with zero attached hydrogens (tertiary/aromatic N) is 2. The van der Waals surface area contributed by atoms with Gasteiger partial charge in [-0.3, -0.25) is 9.88 Å². The summed E-state index contributed by atoms with van der Waals surface area (Å²) in [5, 5.41) is 1.33. The maximum absolute atomic E-state index is 5.67. The van der Waals surface area contributed by atoms with Crippen LogP contribution in [0.15, 0.2) is 67.0 Å². The molecule has 0 spiro atoms. The number of hydrogen-bond acceptors (Lipinski definition) is 4. The number of benzene rings is 2. The van der Waals surface area contributed by atoms with Crippen molar-refractivity contribution in [3.05, 3.63) is 89.4 Å². The Hall–Kier alpha value is -3.31. The van der Waals surface area contributed by atoms with Crippen LogP contribution in [0.1, 0.15) is 28.4 Å². The van der Waals surface area contributed by atoms with Crippen LogP contribution in [0.3, 0.4) is 0 Å². The first kappa shape index (κ1) is 16.6. The van der Waals surface area contributed by atoms with Crippen LogP contribution in [0.25, 0.3) is 10.9 Å². The Morgan fingerprint density at radius 1 is 1.00 bits per heavy atom. The minimum atomic E-state index is 0.133. The molecular weight excluding hydrogens is 362 g/mol. The Labute approximate surface area is 168 Å². The molecule has 2 aliphatic rings. The fourth-order valence-corrected chi connectivity index (χ4v) is 4.64. The molecule has 0 fully saturated rings. The van der Waals surface area contributed by atoms with E-state index in [0.717, 1.165) is 31.0 Å². The molecule has 6 rings (SSSR count). The molecular formula is C24H21N3O2. The molecule has 2 aromatic carbocycles. The monoisotopic (exact) mass is 383 g/mol. The van der Waals surface area contributed by atoms with Crippen molar-refractivity contribution >= 4 is 10.9 Å². The third kappa shape index (κ3) is 2.77. The summed E-state index contributed by atoms with van der Waals surface area (Å²) in [6, 6.07) is 19.2. The third-order valence-corrected chi connectivity index (χ3v) is 5.98. The molecule has 0 saturated heterocycles. The molecule has 2 aliphatic heterocycles. The number of fused-ring (bicyclic) bond motifs is 4. The van der Waals surface area contributed by atoms with Gasteiger partial charge < -0.3 is 14.5 Å². The van der Waals surface area contributed by atoms with Gasteiger partial charge in [-0.15, -0.1) is 0 Å². The van der Waals surface area contributed by atoms with E-state index in [1.54, 1.807) is 0 Å². The van der Waals surface area contributed by atoms with Crippen molar-refractivity contribution in [1.29, 1.82) is 0 Å². The minimum absolute atomic E-state index is 0.133. The summed E-state index contributed by atoms with van der Waals surface area (Å²) < 4.78 is 11.2. The number of para-hydroxylation sites is 1. The molecule has 4 aromatic rings. The number of H-pyrrole nitrogens is 1. The largest absolute Gasteiger partial charge is 0.454 e. The molecule has 1 atom stereocenters. The van der Waals surface area contributed by atoms with E-state index in [-0.39, 0.29) is 6.04 Å². The highest BCUT2D eigenvalue weighted by Gasteiger charge is 2.32. The zero-order valence-electron chi connectivity index (χ0n) is 16.0. The second-order valence-corrected chi connectivity index (χ2v) is 7.65. The SMILES string of the molecule is c1ccc2c3c([nH]c2c1)C(c1ccc2c(c1)OCO2)N(Cc1ccncc1)CC3. The predicted octanol–water partition coefficient (Wildman–Crippen LogP) is 4.44. The molecule has 0 saturated carbocycles. The van der Waals surface area contributed by atoms with Crippen molar-refractivity contribution in [3.63, 3.8) is 0 Å². The van der Waals surface area contributed by atoms with Crippen molar-refractivity contribution < 1.29 is 9.47 Å². The van der Waals surface area contributed by atoms with E-state index in [1.807, 2.05) is 18.5 Å². The average molecular weight is 383 g/mol. The smallest absolute Gasteiger partial charge is 0.231 e. The van der Waals surface area contributed by atoms with Gasteiger partial charge in [-0.1, -0.05) is 24.3 Å². The van der Waals surface area contributed by atoms with E-state index in [4.69, 9.17) is 9.47 Å². The van der Waals surface area contributed by atoms with Crippen LogP contribution in [-0.4, -0.2) is 28.2 Å². The Balaban J connectivity index is 1.48. The zero-order valence-corrected chi connectivity index (χ0v) is 16.0. The van der Waals surface area contributed by atoms with Gasteiger partial charge in [0.05, 0.1) is 6.04 Å². The van der Waals surface area contributed by atoms with Gasteiger partial charge >= 0.3 is 0 Å². The maximum atomic E-state index is 5.67. The highest BCUT2D eigenvalue weighted by atomic mass is 16.7. The van der Waals surface area contributed by atoms with Gasteiger partial charge in [0.25, 0.3) is 0 Å². The number of pyridine rings is 1. The minimum Gasteiger partial charge on any atom is -0.454 e. The Bertz CT molecular complexity index is 1190. The van der Waals surface area contributed by atoms with Gasteiger partial charge in [-0.2, -0.15) is 0 Å². The van der Waals surface area contributed by atoms with Crippen molar-refractivity contribution in [3.8, 4) is 11.5 Å². The Morgan fingerprint density at radius 2 is 1.86 bits per heavy atom. The number of aromatic amines is 1. The number of hydrogen-bond donors (Lipinski definition) is 1. The molecule has 2 aromatic heterocycles. The zero-order chi connectivity index (χ0) is 19.2. The maximum Gasteiger partial charge on any atom is 0.231 e. The quantitative estimate of drug-likeness (QED) is 0.568. The fourth-order valence-electron chi connectivity index (χ4n) is 4.64. The summed E-state index contributed by atoms with van der Waals surface area (Å²) in [6.07, 6.45) is 4.76. The lowest BCUT2D eigenvalue weighted by atomic mass is 9.91. The molecule has 1 N–H and O–H groups in total. The molecule has 144 valence electrons. The molecule has 5 heteroatoms.